The summed E-state index contributed by atoms with van der Waals surface area (Å²) in [5.41, 5.74) is 8.92. The third kappa shape index (κ3) is 3.35. The molecule has 0 fully saturated rings. The molecular weight excluding hydrogens is 250 g/mol. The Labute approximate surface area is 119 Å². The van der Waals surface area contributed by atoms with Gasteiger partial charge >= 0.3 is 0 Å². The number of amides is 1. The van der Waals surface area contributed by atoms with Crippen molar-refractivity contribution >= 4 is 11.6 Å². The van der Waals surface area contributed by atoms with E-state index < -0.39 is 0 Å². The van der Waals surface area contributed by atoms with Crippen LogP contribution in [-0.4, -0.2) is 10.9 Å². The maximum Gasteiger partial charge on any atom is 0.253 e. The fourth-order valence-electron chi connectivity index (χ4n) is 1.91. The number of nitrogens with one attached hydrogen (secondary N) is 1. The number of rotatable bonds is 4. The summed E-state index contributed by atoms with van der Waals surface area (Å²) in [4.78, 5) is 15.9. The number of aromatic nitrogens is 1. The van der Waals surface area contributed by atoms with Crippen LogP contribution in [0.4, 0.5) is 5.69 Å². The molecule has 0 atom stereocenters. The molecule has 1 aromatic heterocycles. The highest BCUT2D eigenvalue weighted by molar-refractivity contribution is 5.98. The molecule has 0 unspecified atom stereocenters. The first-order chi connectivity index (χ1) is 9.58. The summed E-state index contributed by atoms with van der Waals surface area (Å²) >= 11 is 0. The number of benzene rings is 1. The first-order valence-electron chi connectivity index (χ1n) is 6.64. The van der Waals surface area contributed by atoms with E-state index >= 15 is 0 Å². The van der Waals surface area contributed by atoms with Gasteiger partial charge in [0, 0.05) is 12.7 Å². The molecule has 4 nitrogen and oxygen atoms in total. The number of nitrogens with zero attached hydrogens (tertiary/aromatic N) is 1. The van der Waals surface area contributed by atoms with Crippen molar-refractivity contribution in [1.82, 2.24) is 10.3 Å². The quantitative estimate of drug-likeness (QED) is 0.896. The van der Waals surface area contributed by atoms with Gasteiger partial charge in [-0.15, -0.1) is 0 Å². The van der Waals surface area contributed by atoms with E-state index in [1.54, 1.807) is 12.3 Å². The number of pyridine rings is 1. The molecule has 0 saturated carbocycles. The second kappa shape index (κ2) is 6.19. The van der Waals surface area contributed by atoms with Gasteiger partial charge in [0.05, 0.1) is 17.4 Å². The first-order valence-corrected chi connectivity index (χ1v) is 6.64. The lowest BCUT2D eigenvalue weighted by Gasteiger charge is -2.09. The van der Waals surface area contributed by atoms with E-state index in [4.69, 9.17) is 5.73 Å². The van der Waals surface area contributed by atoms with E-state index in [1.807, 2.05) is 12.1 Å². The van der Waals surface area contributed by atoms with Crippen LogP contribution in [0.1, 0.15) is 41.3 Å². The summed E-state index contributed by atoms with van der Waals surface area (Å²) in [6.45, 7) is 4.80. The van der Waals surface area contributed by atoms with Gasteiger partial charge in [0.25, 0.3) is 5.91 Å². The maximum atomic E-state index is 12.0. The molecule has 1 heterocycles. The average Bonchev–Trinajstić information content (AvgIpc) is 2.45. The molecule has 0 bridgehead atoms. The number of hydrogen-bond donors (Lipinski definition) is 2. The number of anilines is 1. The fraction of sp³-hybridized carbons (Fsp3) is 0.250. The minimum atomic E-state index is -0.183. The molecule has 104 valence electrons. The van der Waals surface area contributed by atoms with Gasteiger partial charge in [-0.3, -0.25) is 9.78 Å². The number of hydrogen-bond acceptors (Lipinski definition) is 3. The van der Waals surface area contributed by atoms with Crippen LogP contribution in [0.15, 0.2) is 42.7 Å². The molecule has 2 aromatic rings. The Morgan fingerprint density at radius 3 is 2.55 bits per heavy atom. The molecule has 0 radical (unpaired) electrons. The van der Waals surface area contributed by atoms with Crippen molar-refractivity contribution in [2.24, 2.45) is 0 Å². The van der Waals surface area contributed by atoms with Crippen LogP contribution in [0.5, 0.6) is 0 Å². The molecule has 0 aliphatic heterocycles. The highest BCUT2D eigenvalue weighted by atomic mass is 16.1. The van der Waals surface area contributed by atoms with Crippen molar-refractivity contribution in [3.05, 3.63) is 59.4 Å². The molecule has 0 aliphatic rings. The minimum Gasteiger partial charge on any atom is -0.397 e. The van der Waals surface area contributed by atoms with Crippen LogP contribution in [0.2, 0.25) is 0 Å². The van der Waals surface area contributed by atoms with Gasteiger partial charge in [-0.1, -0.05) is 38.1 Å². The third-order valence-electron chi connectivity index (χ3n) is 3.20. The molecule has 1 aromatic carbocycles. The van der Waals surface area contributed by atoms with Crippen molar-refractivity contribution < 1.29 is 4.79 Å². The predicted molar refractivity (Wildman–Crippen MR) is 80.4 cm³/mol. The second-order valence-electron chi connectivity index (χ2n) is 5.04. The molecule has 2 rings (SSSR count). The van der Waals surface area contributed by atoms with Crippen LogP contribution < -0.4 is 11.1 Å². The van der Waals surface area contributed by atoms with Gasteiger partial charge in [-0.25, -0.2) is 0 Å². The van der Waals surface area contributed by atoms with Crippen molar-refractivity contribution in [2.75, 3.05) is 5.73 Å². The van der Waals surface area contributed by atoms with Gasteiger partial charge < -0.3 is 11.1 Å². The zero-order valence-electron chi connectivity index (χ0n) is 11.8. The zero-order valence-corrected chi connectivity index (χ0v) is 11.8. The van der Waals surface area contributed by atoms with Crippen LogP contribution in [0.25, 0.3) is 0 Å². The lowest BCUT2D eigenvalue weighted by atomic mass is 10.0. The SMILES string of the molecule is CC(C)c1ccc(CNC(=O)c2ccncc2N)cc1. The highest BCUT2D eigenvalue weighted by Gasteiger charge is 2.08. The molecule has 0 saturated heterocycles. The monoisotopic (exact) mass is 269 g/mol. The Morgan fingerprint density at radius 1 is 1.25 bits per heavy atom. The lowest BCUT2D eigenvalue weighted by Crippen LogP contribution is -2.23. The molecule has 3 N–H and O–H groups in total. The van der Waals surface area contributed by atoms with Crippen LogP contribution in [-0.2, 0) is 6.54 Å². The largest absolute Gasteiger partial charge is 0.397 e. The average molecular weight is 269 g/mol. The van der Waals surface area contributed by atoms with Gasteiger partial charge in [0.15, 0.2) is 0 Å². The smallest absolute Gasteiger partial charge is 0.253 e. The van der Waals surface area contributed by atoms with Gasteiger partial charge in [-0.05, 0) is 23.1 Å². The van der Waals surface area contributed by atoms with Crippen molar-refractivity contribution in [3.8, 4) is 0 Å². The van der Waals surface area contributed by atoms with Crippen LogP contribution in [0, 0.1) is 0 Å². The van der Waals surface area contributed by atoms with Crippen molar-refractivity contribution in [3.63, 3.8) is 0 Å². The highest BCUT2D eigenvalue weighted by Crippen LogP contribution is 2.15. The molecule has 4 heteroatoms. The van der Waals surface area contributed by atoms with Gasteiger partial charge in [0.2, 0.25) is 0 Å². The van der Waals surface area contributed by atoms with Gasteiger partial charge in [0.1, 0.15) is 0 Å². The Morgan fingerprint density at radius 2 is 1.95 bits per heavy atom. The summed E-state index contributed by atoms with van der Waals surface area (Å²) in [7, 11) is 0. The van der Waals surface area contributed by atoms with E-state index in [0.717, 1.165) is 5.56 Å². The normalized spacial score (nSPS) is 10.6. The Hall–Kier alpha value is -2.36. The first kappa shape index (κ1) is 14.1. The standard InChI is InChI=1S/C16H19N3O/c1-11(2)13-5-3-12(4-6-13)9-19-16(20)14-7-8-18-10-15(14)17/h3-8,10-11H,9,17H2,1-2H3,(H,19,20). The summed E-state index contributed by atoms with van der Waals surface area (Å²) in [6.07, 6.45) is 3.04. The predicted octanol–water partition coefficient (Wildman–Crippen LogP) is 2.72. The zero-order chi connectivity index (χ0) is 14.5. The summed E-state index contributed by atoms with van der Waals surface area (Å²) in [5, 5.41) is 2.86. The molecule has 0 aliphatic carbocycles. The van der Waals surface area contributed by atoms with Crippen molar-refractivity contribution in [2.45, 2.75) is 26.3 Å². The summed E-state index contributed by atoms with van der Waals surface area (Å²) in [6, 6.07) is 9.86. The van der Waals surface area contributed by atoms with Gasteiger partial charge in [-0.2, -0.15) is 0 Å². The van der Waals surface area contributed by atoms with E-state index in [-0.39, 0.29) is 5.91 Å². The van der Waals surface area contributed by atoms with E-state index in [1.165, 1.54) is 11.8 Å². The molecule has 1 amide bonds. The number of carbonyl (C=O) groups excluding carboxylic acids is 1. The Bertz CT molecular complexity index is 591. The maximum absolute atomic E-state index is 12.0. The lowest BCUT2D eigenvalue weighted by molar-refractivity contribution is 0.0951. The summed E-state index contributed by atoms with van der Waals surface area (Å²) in [5.74, 6) is 0.327. The number of carbonyl (C=O) groups is 1. The van der Waals surface area contributed by atoms with Crippen molar-refractivity contribution in [1.29, 1.82) is 0 Å². The Kier molecular flexibility index (Phi) is 4.35. The second-order valence-corrected chi connectivity index (χ2v) is 5.04. The van der Waals surface area contributed by atoms with Crippen LogP contribution in [0.3, 0.4) is 0 Å². The molecule has 20 heavy (non-hydrogen) atoms. The van der Waals surface area contributed by atoms with Crippen LogP contribution >= 0.6 is 0 Å². The molecular formula is C16H19N3O. The van der Waals surface area contributed by atoms with E-state index in [0.29, 0.717) is 23.7 Å². The topological polar surface area (TPSA) is 68.0 Å². The van der Waals surface area contributed by atoms with E-state index in [9.17, 15) is 4.79 Å². The fourth-order valence-corrected chi connectivity index (χ4v) is 1.91. The molecule has 0 spiro atoms. The summed E-state index contributed by atoms with van der Waals surface area (Å²) < 4.78 is 0. The third-order valence-corrected chi connectivity index (χ3v) is 3.20. The Balaban J connectivity index is 1.98. The van der Waals surface area contributed by atoms with E-state index in [2.05, 4.69) is 36.3 Å². The number of nitrogen functional groups attached to an aromatic ring is 1. The minimum absolute atomic E-state index is 0.183. The number of nitrogens with two attached hydrogens (primary N) is 1.